The van der Waals surface area contributed by atoms with Gasteiger partial charge in [0.25, 0.3) is 5.91 Å². The average molecular weight is 427 g/mol. The molecule has 0 bridgehead atoms. The van der Waals surface area contributed by atoms with Gasteiger partial charge in [0.05, 0.1) is 11.6 Å². The van der Waals surface area contributed by atoms with Gasteiger partial charge in [-0.15, -0.1) is 0 Å². The Balaban J connectivity index is 2.06. The van der Waals surface area contributed by atoms with Crippen molar-refractivity contribution in [2.24, 2.45) is 11.8 Å². The van der Waals surface area contributed by atoms with Crippen molar-refractivity contribution < 1.29 is 4.79 Å². The summed E-state index contributed by atoms with van der Waals surface area (Å²) in [4.78, 5) is 14.5. The van der Waals surface area contributed by atoms with Crippen LogP contribution >= 0.6 is 0 Å². The van der Waals surface area contributed by atoms with Crippen molar-refractivity contribution in [1.82, 2.24) is 4.90 Å². The van der Waals surface area contributed by atoms with E-state index >= 15 is 0 Å². The first-order valence-corrected chi connectivity index (χ1v) is 11.2. The molecule has 1 unspecified atom stereocenters. The van der Waals surface area contributed by atoms with Crippen LogP contribution in [0.4, 0.5) is 0 Å². The van der Waals surface area contributed by atoms with Crippen LogP contribution in [-0.2, 0) is 0 Å². The lowest BCUT2D eigenvalue weighted by molar-refractivity contribution is 0.0787. The predicted octanol–water partition coefficient (Wildman–Crippen LogP) is 6.90. The number of nitrogens with zero attached hydrogens (tertiary/aromatic N) is 2. The van der Waals surface area contributed by atoms with Gasteiger partial charge in [-0.05, 0) is 67.5 Å². The number of amides is 1. The van der Waals surface area contributed by atoms with Gasteiger partial charge in [0.15, 0.2) is 0 Å². The molecule has 0 aliphatic carbocycles. The number of hydrogen-bond acceptors (Lipinski definition) is 2. The highest BCUT2D eigenvalue weighted by Gasteiger charge is 2.15. The van der Waals surface area contributed by atoms with E-state index in [1.807, 2.05) is 13.1 Å². The zero-order valence-electron chi connectivity index (χ0n) is 19.9. The lowest BCUT2D eigenvalue weighted by Crippen LogP contribution is -2.29. The van der Waals surface area contributed by atoms with Crippen LogP contribution in [-0.4, -0.2) is 24.4 Å². The Bertz CT molecular complexity index is 1000. The van der Waals surface area contributed by atoms with E-state index in [-0.39, 0.29) is 5.91 Å². The van der Waals surface area contributed by atoms with Gasteiger partial charge in [-0.2, -0.15) is 5.26 Å². The first-order chi connectivity index (χ1) is 15.3. The van der Waals surface area contributed by atoms with Gasteiger partial charge in [0, 0.05) is 19.2 Å². The lowest BCUT2D eigenvalue weighted by Gasteiger charge is -2.22. The Morgan fingerprint density at radius 1 is 1.03 bits per heavy atom. The molecule has 2 aromatic rings. The number of hydrogen-bond donors (Lipinski definition) is 0. The van der Waals surface area contributed by atoms with Crippen LogP contribution in [0.15, 0.2) is 84.5 Å². The molecule has 0 aliphatic heterocycles. The van der Waals surface area contributed by atoms with Crippen molar-refractivity contribution in [3.05, 3.63) is 101 Å². The third kappa shape index (κ3) is 7.71. The van der Waals surface area contributed by atoms with E-state index in [0.29, 0.717) is 29.5 Å². The normalized spacial score (nSPS) is 12.5. The highest BCUT2D eigenvalue weighted by Crippen LogP contribution is 2.21. The molecule has 0 aliphatic rings. The van der Waals surface area contributed by atoms with E-state index in [2.05, 4.69) is 82.3 Å². The predicted molar refractivity (Wildman–Crippen MR) is 134 cm³/mol. The molecule has 3 heteroatoms. The second-order valence-corrected chi connectivity index (χ2v) is 8.71. The minimum atomic E-state index is -0.0178. The van der Waals surface area contributed by atoms with Crippen LogP contribution in [0.3, 0.4) is 0 Å². The Kier molecular flexibility index (Phi) is 9.70. The molecule has 0 spiro atoms. The molecule has 2 aromatic carbocycles. The van der Waals surface area contributed by atoms with Gasteiger partial charge in [-0.1, -0.05) is 74.1 Å². The molecule has 166 valence electrons. The van der Waals surface area contributed by atoms with Crippen LogP contribution in [0.2, 0.25) is 0 Å². The summed E-state index contributed by atoms with van der Waals surface area (Å²) in [5.41, 5.74) is 4.83. The molecular weight excluding hydrogens is 392 g/mol. The maximum atomic E-state index is 12.7. The summed E-state index contributed by atoms with van der Waals surface area (Å²) >= 11 is 0. The number of allylic oxidation sites excluding steroid dienone is 6. The average Bonchev–Trinajstić information content (AvgIpc) is 2.79. The van der Waals surface area contributed by atoms with E-state index < -0.39 is 0 Å². The maximum Gasteiger partial charge on any atom is 0.253 e. The van der Waals surface area contributed by atoms with E-state index in [9.17, 15) is 4.79 Å². The Morgan fingerprint density at radius 2 is 1.69 bits per heavy atom. The number of nitriles is 1. The summed E-state index contributed by atoms with van der Waals surface area (Å²) in [7, 11) is 1.84. The standard InChI is InChI=1S/C29H34N2O/c1-22(2)20-28(26-10-7-6-8-11-26)13-9-12-25(23(3)4)18-19-31(5)29(32)27-16-14-24(21-30)15-17-27/h6-17,20,23,25H,18-19H2,1-5H3/b12-9?,28-13+. The summed E-state index contributed by atoms with van der Waals surface area (Å²) in [5, 5.41) is 8.93. The molecule has 1 atom stereocenters. The number of benzene rings is 2. The van der Waals surface area contributed by atoms with E-state index in [1.54, 1.807) is 29.2 Å². The Hall–Kier alpha value is -3.38. The van der Waals surface area contributed by atoms with E-state index in [4.69, 9.17) is 5.26 Å². The largest absolute Gasteiger partial charge is 0.342 e. The molecule has 32 heavy (non-hydrogen) atoms. The van der Waals surface area contributed by atoms with Gasteiger partial charge in [-0.25, -0.2) is 0 Å². The summed E-state index contributed by atoms with van der Waals surface area (Å²) in [6.07, 6.45) is 9.67. The molecule has 1 amide bonds. The van der Waals surface area contributed by atoms with Crippen molar-refractivity contribution in [3.8, 4) is 6.07 Å². The highest BCUT2D eigenvalue weighted by molar-refractivity contribution is 5.94. The minimum absolute atomic E-state index is 0.0178. The Morgan fingerprint density at radius 3 is 2.25 bits per heavy atom. The van der Waals surface area contributed by atoms with E-state index in [1.165, 1.54) is 16.7 Å². The fraction of sp³-hybridized carbons (Fsp3) is 0.310. The van der Waals surface area contributed by atoms with Crippen molar-refractivity contribution in [2.45, 2.75) is 34.1 Å². The zero-order valence-corrected chi connectivity index (χ0v) is 19.9. The van der Waals surface area contributed by atoms with Gasteiger partial charge < -0.3 is 4.90 Å². The third-order valence-electron chi connectivity index (χ3n) is 5.45. The number of carbonyl (C=O) groups excluding carboxylic acids is 1. The van der Waals surface area contributed by atoms with Gasteiger partial charge in [0.1, 0.15) is 0 Å². The highest BCUT2D eigenvalue weighted by atomic mass is 16.2. The zero-order chi connectivity index (χ0) is 23.5. The molecule has 0 radical (unpaired) electrons. The summed E-state index contributed by atoms with van der Waals surface area (Å²) in [6, 6.07) is 19.3. The molecule has 0 fully saturated rings. The van der Waals surface area contributed by atoms with Crippen LogP contribution in [0, 0.1) is 23.2 Å². The smallest absolute Gasteiger partial charge is 0.253 e. The topological polar surface area (TPSA) is 44.1 Å². The quantitative estimate of drug-likeness (QED) is 0.409. The number of carbonyl (C=O) groups is 1. The summed E-state index contributed by atoms with van der Waals surface area (Å²) < 4.78 is 0. The molecule has 3 nitrogen and oxygen atoms in total. The molecule has 0 aromatic heterocycles. The van der Waals surface area contributed by atoms with Crippen molar-refractivity contribution in [3.63, 3.8) is 0 Å². The molecular formula is C29H34N2O. The third-order valence-corrected chi connectivity index (χ3v) is 5.45. The summed E-state index contributed by atoms with van der Waals surface area (Å²) in [5.74, 6) is 0.823. The Labute approximate surface area is 193 Å². The second-order valence-electron chi connectivity index (χ2n) is 8.71. The van der Waals surface area contributed by atoms with E-state index in [0.717, 1.165) is 6.42 Å². The molecule has 0 saturated carbocycles. The van der Waals surface area contributed by atoms with Crippen LogP contribution in [0.1, 0.15) is 55.6 Å². The van der Waals surface area contributed by atoms with Crippen LogP contribution in [0.5, 0.6) is 0 Å². The number of rotatable bonds is 9. The SMILES string of the molecule is CC(C)=C/C(=C\C=CC(CCN(C)C(=O)c1ccc(C#N)cc1)C(C)C)c1ccccc1. The monoisotopic (exact) mass is 426 g/mol. The minimum Gasteiger partial charge on any atom is -0.342 e. The first-order valence-electron chi connectivity index (χ1n) is 11.2. The lowest BCUT2D eigenvalue weighted by atomic mass is 9.91. The summed E-state index contributed by atoms with van der Waals surface area (Å²) in [6.45, 7) is 9.33. The van der Waals surface area contributed by atoms with Crippen molar-refractivity contribution in [1.29, 1.82) is 5.26 Å². The molecule has 2 rings (SSSR count). The fourth-order valence-corrected chi connectivity index (χ4v) is 3.47. The molecule has 0 heterocycles. The van der Waals surface area contributed by atoms with Crippen LogP contribution < -0.4 is 0 Å². The first kappa shape index (κ1) is 24.9. The van der Waals surface area contributed by atoms with Gasteiger partial charge in [-0.3, -0.25) is 4.79 Å². The molecule has 0 N–H and O–H groups in total. The molecule has 0 saturated heterocycles. The van der Waals surface area contributed by atoms with Crippen LogP contribution in [0.25, 0.3) is 5.57 Å². The maximum absolute atomic E-state index is 12.7. The van der Waals surface area contributed by atoms with Gasteiger partial charge in [0.2, 0.25) is 0 Å². The van der Waals surface area contributed by atoms with Gasteiger partial charge >= 0.3 is 0 Å². The van der Waals surface area contributed by atoms with Crippen molar-refractivity contribution in [2.75, 3.05) is 13.6 Å². The second kappa shape index (κ2) is 12.5. The van der Waals surface area contributed by atoms with Crippen molar-refractivity contribution >= 4 is 11.5 Å². The fourth-order valence-electron chi connectivity index (χ4n) is 3.47.